The smallest absolute Gasteiger partial charge is 0.0686 e. The zero-order chi connectivity index (χ0) is 13.8. The summed E-state index contributed by atoms with van der Waals surface area (Å²) in [6.07, 6.45) is 10.8. The third-order valence-corrected chi connectivity index (χ3v) is 5.08. The van der Waals surface area contributed by atoms with E-state index in [0.717, 1.165) is 13.0 Å². The second-order valence-electron chi connectivity index (χ2n) is 6.37. The number of hydrogen-bond acceptors (Lipinski definition) is 3. The molecule has 0 radical (unpaired) electrons. The van der Waals surface area contributed by atoms with Gasteiger partial charge in [-0.25, -0.2) is 0 Å². The van der Waals surface area contributed by atoms with Gasteiger partial charge in [-0.3, -0.25) is 4.98 Å². The topological polar surface area (TPSA) is 34.2 Å². The molecule has 1 saturated carbocycles. The quantitative estimate of drug-likeness (QED) is 0.916. The van der Waals surface area contributed by atoms with Crippen molar-refractivity contribution in [2.75, 3.05) is 13.7 Å². The molecule has 2 atom stereocenters. The molecule has 1 aromatic rings. The molecule has 1 aliphatic carbocycles. The van der Waals surface area contributed by atoms with Crippen molar-refractivity contribution >= 4 is 0 Å². The molecule has 0 aromatic carbocycles. The van der Waals surface area contributed by atoms with Gasteiger partial charge < -0.3 is 10.1 Å². The number of ether oxygens (including phenoxy) is 1. The van der Waals surface area contributed by atoms with Gasteiger partial charge in [0.1, 0.15) is 0 Å². The zero-order valence-corrected chi connectivity index (χ0v) is 12.5. The van der Waals surface area contributed by atoms with Crippen LogP contribution >= 0.6 is 0 Å². The van der Waals surface area contributed by atoms with Crippen LogP contribution in [0, 0.1) is 5.92 Å². The minimum atomic E-state index is 0.172. The van der Waals surface area contributed by atoms with Crippen LogP contribution in [0.5, 0.6) is 0 Å². The van der Waals surface area contributed by atoms with E-state index >= 15 is 0 Å². The molecule has 0 amide bonds. The molecule has 1 N–H and O–H groups in total. The summed E-state index contributed by atoms with van der Waals surface area (Å²) in [4.78, 5) is 4.56. The van der Waals surface area contributed by atoms with E-state index < -0.39 is 0 Å². The second-order valence-corrected chi connectivity index (χ2v) is 6.37. The lowest BCUT2D eigenvalue weighted by Gasteiger charge is -2.45. The van der Waals surface area contributed by atoms with Gasteiger partial charge >= 0.3 is 0 Å². The first-order valence-electron chi connectivity index (χ1n) is 8.05. The summed E-state index contributed by atoms with van der Waals surface area (Å²) in [6, 6.07) is 6.58. The van der Waals surface area contributed by atoms with E-state index in [9.17, 15) is 0 Å². The highest BCUT2D eigenvalue weighted by Crippen LogP contribution is 2.43. The zero-order valence-electron chi connectivity index (χ0n) is 12.5. The molecule has 1 aliphatic heterocycles. The maximum atomic E-state index is 6.22. The molecule has 3 rings (SSSR count). The Morgan fingerprint density at radius 1 is 1.30 bits per heavy atom. The second kappa shape index (κ2) is 6.23. The van der Waals surface area contributed by atoms with Crippen molar-refractivity contribution < 1.29 is 4.74 Å². The summed E-state index contributed by atoms with van der Waals surface area (Å²) < 4.78 is 6.22. The van der Waals surface area contributed by atoms with Crippen LogP contribution in [0.25, 0.3) is 0 Å². The van der Waals surface area contributed by atoms with Crippen molar-refractivity contribution in [1.29, 1.82) is 0 Å². The van der Waals surface area contributed by atoms with Gasteiger partial charge in [0.25, 0.3) is 0 Å². The Hall–Kier alpha value is -0.930. The Labute approximate surface area is 122 Å². The molecule has 0 bridgehead atoms. The summed E-state index contributed by atoms with van der Waals surface area (Å²) in [6.45, 7) is 0.912. The largest absolute Gasteiger partial charge is 0.375 e. The molecule has 2 heterocycles. The van der Waals surface area contributed by atoms with E-state index in [0.29, 0.717) is 12.0 Å². The molecular formula is C17H26N2O. The predicted molar refractivity (Wildman–Crippen MR) is 80.5 cm³/mol. The van der Waals surface area contributed by atoms with Crippen LogP contribution in [0.4, 0.5) is 0 Å². The van der Waals surface area contributed by atoms with Crippen molar-refractivity contribution in [3.63, 3.8) is 0 Å². The molecule has 3 nitrogen and oxygen atoms in total. The fourth-order valence-corrected chi connectivity index (χ4v) is 4.08. The number of nitrogens with zero attached hydrogens (tertiary/aromatic N) is 1. The van der Waals surface area contributed by atoms with Gasteiger partial charge in [-0.1, -0.05) is 25.3 Å². The first-order valence-corrected chi connectivity index (χ1v) is 8.05. The van der Waals surface area contributed by atoms with Crippen molar-refractivity contribution in [1.82, 2.24) is 10.3 Å². The predicted octanol–water partition coefficient (Wildman–Crippen LogP) is 3.47. The van der Waals surface area contributed by atoms with Gasteiger partial charge in [-0.2, -0.15) is 0 Å². The molecule has 20 heavy (non-hydrogen) atoms. The van der Waals surface area contributed by atoms with Crippen LogP contribution in [0.2, 0.25) is 0 Å². The number of hydrogen-bond donors (Lipinski definition) is 1. The van der Waals surface area contributed by atoms with Crippen molar-refractivity contribution in [2.24, 2.45) is 5.92 Å². The number of rotatable bonds is 3. The molecule has 1 aromatic heterocycles. The van der Waals surface area contributed by atoms with Crippen LogP contribution in [-0.4, -0.2) is 24.2 Å². The fourth-order valence-electron chi connectivity index (χ4n) is 4.08. The van der Waals surface area contributed by atoms with E-state index in [4.69, 9.17) is 4.74 Å². The average molecular weight is 274 g/mol. The summed E-state index contributed by atoms with van der Waals surface area (Å²) in [5.74, 6) is 0.641. The van der Waals surface area contributed by atoms with Crippen molar-refractivity contribution in [2.45, 2.75) is 56.6 Å². The van der Waals surface area contributed by atoms with Gasteiger partial charge in [0.15, 0.2) is 0 Å². The molecule has 2 unspecified atom stereocenters. The number of nitrogens with one attached hydrogen (secondary N) is 1. The van der Waals surface area contributed by atoms with Crippen molar-refractivity contribution in [3.8, 4) is 0 Å². The highest BCUT2D eigenvalue weighted by Gasteiger charge is 2.41. The number of pyridine rings is 1. The molecule has 1 spiro atoms. The Bertz CT molecular complexity index is 409. The van der Waals surface area contributed by atoms with Gasteiger partial charge in [-0.05, 0) is 50.8 Å². The molecular weight excluding hydrogens is 248 g/mol. The monoisotopic (exact) mass is 274 g/mol. The van der Waals surface area contributed by atoms with Crippen LogP contribution in [0.3, 0.4) is 0 Å². The van der Waals surface area contributed by atoms with E-state index in [-0.39, 0.29) is 5.60 Å². The highest BCUT2D eigenvalue weighted by molar-refractivity contribution is 5.11. The van der Waals surface area contributed by atoms with Crippen molar-refractivity contribution in [3.05, 3.63) is 30.1 Å². The third-order valence-electron chi connectivity index (χ3n) is 5.08. The van der Waals surface area contributed by atoms with E-state index in [1.165, 1.54) is 44.2 Å². The first-order chi connectivity index (χ1) is 9.83. The SMILES string of the molecule is CNC(c1ccccn1)C1CCOC2(CCCCC2)C1. The average Bonchev–Trinajstić information content (AvgIpc) is 2.50. The Balaban J connectivity index is 1.75. The standard InChI is InChI=1S/C17H26N2O/c1-18-16(15-7-3-6-11-19-15)14-8-12-20-17(13-14)9-4-2-5-10-17/h3,6-7,11,14,16,18H,2,4-5,8-10,12-13H2,1H3. The first kappa shape index (κ1) is 14.0. The van der Waals surface area contributed by atoms with Gasteiger partial charge in [0, 0.05) is 12.8 Å². The van der Waals surface area contributed by atoms with E-state index in [1.807, 2.05) is 12.3 Å². The van der Waals surface area contributed by atoms with Crippen LogP contribution in [0.1, 0.15) is 56.7 Å². The molecule has 2 fully saturated rings. The van der Waals surface area contributed by atoms with Crippen LogP contribution in [-0.2, 0) is 4.74 Å². The van der Waals surface area contributed by atoms with Gasteiger partial charge in [0.2, 0.25) is 0 Å². The summed E-state index contributed by atoms with van der Waals surface area (Å²) in [5.41, 5.74) is 1.35. The maximum absolute atomic E-state index is 6.22. The summed E-state index contributed by atoms with van der Waals surface area (Å²) in [5, 5.41) is 3.49. The van der Waals surface area contributed by atoms with E-state index in [2.05, 4.69) is 29.5 Å². The molecule has 110 valence electrons. The Morgan fingerprint density at radius 3 is 2.85 bits per heavy atom. The summed E-state index contributed by atoms with van der Waals surface area (Å²) >= 11 is 0. The maximum Gasteiger partial charge on any atom is 0.0686 e. The lowest BCUT2D eigenvalue weighted by Crippen LogP contribution is -2.44. The minimum absolute atomic E-state index is 0.172. The molecule has 1 saturated heterocycles. The summed E-state index contributed by atoms with van der Waals surface area (Å²) in [7, 11) is 2.06. The number of aromatic nitrogens is 1. The van der Waals surface area contributed by atoms with Gasteiger partial charge in [-0.15, -0.1) is 0 Å². The molecule has 2 aliphatic rings. The Kier molecular flexibility index (Phi) is 4.37. The van der Waals surface area contributed by atoms with Gasteiger partial charge in [0.05, 0.1) is 17.3 Å². The normalized spacial score (nSPS) is 27.4. The molecule has 3 heteroatoms. The highest BCUT2D eigenvalue weighted by atomic mass is 16.5. The third kappa shape index (κ3) is 2.89. The van der Waals surface area contributed by atoms with E-state index in [1.54, 1.807) is 0 Å². The lowest BCUT2D eigenvalue weighted by atomic mass is 9.73. The lowest BCUT2D eigenvalue weighted by molar-refractivity contribution is -0.122. The minimum Gasteiger partial charge on any atom is -0.375 e. The van der Waals surface area contributed by atoms with Crippen LogP contribution in [0.15, 0.2) is 24.4 Å². The fraction of sp³-hybridized carbons (Fsp3) is 0.706. The Morgan fingerprint density at radius 2 is 2.15 bits per heavy atom. The van der Waals surface area contributed by atoms with Crippen LogP contribution < -0.4 is 5.32 Å².